The SMILES string of the molecule is C=CC1CN2CCC1C[C@@H]2[C@@H](Nc1c(NCc2cc(C(F)(F)F)cc(C(F)(F)F)c2)c(=O)c1=O)c1ccnc2ccc(OC)cc12. The van der Waals surface area contributed by atoms with Crippen molar-refractivity contribution in [3.8, 4) is 5.75 Å². The molecule has 0 aliphatic carbocycles. The molecular weight excluding hydrogens is 614 g/mol. The summed E-state index contributed by atoms with van der Waals surface area (Å²) in [6.07, 6.45) is -4.69. The van der Waals surface area contributed by atoms with Crippen LogP contribution in [-0.4, -0.2) is 36.1 Å². The number of pyridine rings is 1. The molecule has 7 rings (SSSR count). The lowest BCUT2D eigenvalue weighted by atomic mass is 9.73. The average Bonchev–Trinajstić information content (AvgIpc) is 3.04. The lowest BCUT2D eigenvalue weighted by molar-refractivity contribution is -0.143. The van der Waals surface area contributed by atoms with Gasteiger partial charge < -0.3 is 15.4 Å². The van der Waals surface area contributed by atoms with Crippen molar-refractivity contribution in [3.05, 3.63) is 104 Å². The summed E-state index contributed by atoms with van der Waals surface area (Å²) in [4.78, 5) is 32.5. The van der Waals surface area contributed by atoms with Gasteiger partial charge in [0.05, 0.1) is 29.8 Å². The third kappa shape index (κ3) is 5.83. The van der Waals surface area contributed by atoms with Crippen LogP contribution in [0.3, 0.4) is 0 Å². The summed E-state index contributed by atoms with van der Waals surface area (Å²) >= 11 is 0. The first-order valence-corrected chi connectivity index (χ1v) is 14.7. The fourth-order valence-electron chi connectivity index (χ4n) is 6.82. The Hall–Kier alpha value is -4.39. The molecule has 0 saturated carbocycles. The maximum Gasteiger partial charge on any atom is 0.416 e. The van der Waals surface area contributed by atoms with E-state index in [4.69, 9.17) is 4.74 Å². The maximum absolute atomic E-state index is 13.4. The second kappa shape index (κ2) is 11.8. The summed E-state index contributed by atoms with van der Waals surface area (Å²) in [7, 11) is 1.54. The molecule has 3 aromatic carbocycles. The van der Waals surface area contributed by atoms with Crippen LogP contribution in [0.25, 0.3) is 10.9 Å². The van der Waals surface area contributed by atoms with Crippen molar-refractivity contribution in [2.24, 2.45) is 11.8 Å². The molecule has 7 nitrogen and oxygen atoms in total. The average molecular weight is 645 g/mol. The van der Waals surface area contributed by atoms with E-state index in [1.807, 2.05) is 24.3 Å². The van der Waals surface area contributed by atoms with E-state index in [0.717, 1.165) is 36.9 Å². The van der Waals surface area contributed by atoms with E-state index in [1.165, 1.54) is 7.11 Å². The van der Waals surface area contributed by atoms with Gasteiger partial charge in [-0.1, -0.05) is 6.08 Å². The summed E-state index contributed by atoms with van der Waals surface area (Å²) in [6.45, 7) is 5.01. The molecule has 13 heteroatoms. The normalized spacial score (nSPS) is 22.2. The van der Waals surface area contributed by atoms with E-state index in [9.17, 15) is 35.9 Å². The van der Waals surface area contributed by atoms with Crippen molar-refractivity contribution in [2.75, 3.05) is 30.8 Å². The van der Waals surface area contributed by atoms with E-state index < -0.39 is 46.9 Å². The standard InChI is InChI=1S/C33H30F6N4O3/c1-3-18-16-43-9-7-19(18)12-26(43)27(23-6-8-40-25-5-4-22(46-2)14-24(23)25)42-29-28(30(44)31(29)45)41-15-17-10-20(32(34,35)36)13-21(11-17)33(37,38)39/h3-6,8,10-11,13-14,18-19,26-27,41-42H,1,7,9,12,15-16H2,2H3/t18?,19?,26-,27+/m1/s1. The van der Waals surface area contributed by atoms with Gasteiger partial charge in [0.1, 0.15) is 17.1 Å². The van der Waals surface area contributed by atoms with E-state index in [0.29, 0.717) is 35.2 Å². The topological polar surface area (TPSA) is 83.6 Å². The van der Waals surface area contributed by atoms with Crippen LogP contribution in [0.15, 0.2) is 70.9 Å². The third-order valence-electron chi connectivity index (χ3n) is 9.18. The Morgan fingerprint density at radius 2 is 1.72 bits per heavy atom. The van der Waals surface area contributed by atoms with Crippen molar-refractivity contribution >= 4 is 22.3 Å². The van der Waals surface area contributed by atoms with Crippen molar-refractivity contribution in [1.29, 1.82) is 0 Å². The van der Waals surface area contributed by atoms with Crippen LogP contribution in [0, 0.1) is 11.8 Å². The molecule has 4 aromatic rings. The Labute approximate surface area is 259 Å². The highest BCUT2D eigenvalue weighted by molar-refractivity contribution is 5.85. The molecule has 2 N–H and O–H groups in total. The molecule has 0 radical (unpaired) electrons. The number of aromatic nitrogens is 1. The highest BCUT2D eigenvalue weighted by Gasteiger charge is 2.44. The molecule has 3 aliphatic rings. The van der Waals surface area contributed by atoms with Gasteiger partial charge in [-0.15, -0.1) is 6.58 Å². The number of nitrogens with zero attached hydrogens (tertiary/aromatic N) is 2. The van der Waals surface area contributed by atoms with Crippen LogP contribution >= 0.6 is 0 Å². The first-order valence-electron chi connectivity index (χ1n) is 14.7. The molecule has 3 fully saturated rings. The number of piperidine rings is 3. The summed E-state index contributed by atoms with van der Waals surface area (Å²) in [5.41, 5.74) is -3.84. The minimum atomic E-state index is -5.02. The quantitative estimate of drug-likeness (QED) is 0.122. The predicted octanol–water partition coefficient (Wildman–Crippen LogP) is 6.54. The Morgan fingerprint density at radius 3 is 2.33 bits per heavy atom. The fourth-order valence-corrected chi connectivity index (χ4v) is 6.82. The first-order chi connectivity index (χ1) is 21.8. The van der Waals surface area contributed by atoms with Crippen molar-refractivity contribution in [3.63, 3.8) is 0 Å². The summed E-state index contributed by atoms with van der Waals surface area (Å²) in [5, 5.41) is 6.68. The lowest BCUT2D eigenvalue weighted by Crippen LogP contribution is -2.56. The van der Waals surface area contributed by atoms with E-state index >= 15 is 0 Å². The number of alkyl halides is 6. The number of nitrogens with one attached hydrogen (secondary N) is 2. The minimum absolute atomic E-state index is 0.0382. The number of halogens is 6. The number of rotatable bonds is 9. The molecule has 3 aliphatic heterocycles. The van der Waals surface area contributed by atoms with Gasteiger partial charge in [-0.2, -0.15) is 26.3 Å². The molecule has 2 bridgehead atoms. The summed E-state index contributed by atoms with van der Waals surface area (Å²) < 4.78 is 85.9. The van der Waals surface area contributed by atoms with Crippen molar-refractivity contribution < 1.29 is 31.1 Å². The van der Waals surface area contributed by atoms with Gasteiger partial charge in [0.2, 0.25) is 0 Å². The second-order valence-electron chi connectivity index (χ2n) is 11.8. The Morgan fingerprint density at radius 1 is 1.02 bits per heavy atom. The molecule has 0 amide bonds. The number of hydrogen-bond acceptors (Lipinski definition) is 7. The zero-order valence-electron chi connectivity index (χ0n) is 24.6. The lowest BCUT2D eigenvalue weighted by Gasteiger charge is -2.52. The Kier molecular flexibility index (Phi) is 8.07. The van der Waals surface area contributed by atoms with E-state index in [2.05, 4.69) is 27.1 Å². The molecule has 3 saturated heterocycles. The van der Waals surface area contributed by atoms with Crippen LogP contribution in [0.2, 0.25) is 0 Å². The summed E-state index contributed by atoms with van der Waals surface area (Å²) in [6, 6.07) is 7.82. The maximum atomic E-state index is 13.4. The molecular formula is C33H30F6N4O3. The van der Waals surface area contributed by atoms with Gasteiger partial charge in [-0.25, -0.2) is 0 Å². The number of anilines is 2. The van der Waals surface area contributed by atoms with Crippen molar-refractivity contribution in [2.45, 2.75) is 43.8 Å². The van der Waals surface area contributed by atoms with Crippen LogP contribution in [-0.2, 0) is 18.9 Å². The van der Waals surface area contributed by atoms with E-state index in [1.54, 1.807) is 12.3 Å². The molecule has 1 aromatic heterocycles. The number of methoxy groups -OCH3 is 1. The van der Waals surface area contributed by atoms with Crippen LogP contribution in [0.5, 0.6) is 5.75 Å². The van der Waals surface area contributed by atoms with Gasteiger partial charge in [0.25, 0.3) is 10.9 Å². The Bertz CT molecular complexity index is 1830. The van der Waals surface area contributed by atoms with Gasteiger partial charge in [0.15, 0.2) is 0 Å². The van der Waals surface area contributed by atoms with Crippen LogP contribution in [0.4, 0.5) is 37.7 Å². The van der Waals surface area contributed by atoms with Crippen LogP contribution in [0.1, 0.15) is 41.1 Å². The highest BCUT2D eigenvalue weighted by atomic mass is 19.4. The van der Waals surface area contributed by atoms with Gasteiger partial charge in [-0.3, -0.25) is 19.5 Å². The summed E-state index contributed by atoms with van der Waals surface area (Å²) in [5.74, 6) is 1.25. The number of ether oxygens (including phenoxy) is 1. The zero-order valence-corrected chi connectivity index (χ0v) is 24.6. The Balaban J connectivity index is 1.36. The molecule has 3 unspecified atom stereocenters. The molecule has 46 heavy (non-hydrogen) atoms. The predicted molar refractivity (Wildman–Crippen MR) is 162 cm³/mol. The monoisotopic (exact) mass is 644 g/mol. The van der Waals surface area contributed by atoms with Gasteiger partial charge in [0, 0.05) is 30.7 Å². The van der Waals surface area contributed by atoms with E-state index in [-0.39, 0.29) is 29.0 Å². The molecule has 242 valence electrons. The fraction of sp³-hybridized carbons (Fsp3) is 0.364. The largest absolute Gasteiger partial charge is 0.497 e. The first kappa shape index (κ1) is 31.6. The third-order valence-corrected chi connectivity index (χ3v) is 9.18. The number of fused-ring (bicyclic) bond motifs is 4. The minimum Gasteiger partial charge on any atom is -0.497 e. The van der Waals surface area contributed by atoms with Gasteiger partial charge in [-0.05, 0) is 84.8 Å². The smallest absolute Gasteiger partial charge is 0.416 e. The second-order valence-corrected chi connectivity index (χ2v) is 11.8. The van der Waals surface area contributed by atoms with Crippen molar-refractivity contribution in [1.82, 2.24) is 9.88 Å². The number of hydrogen-bond donors (Lipinski definition) is 2. The molecule has 0 spiro atoms. The highest BCUT2D eigenvalue weighted by Crippen LogP contribution is 2.44. The van der Waals surface area contributed by atoms with Crippen LogP contribution < -0.4 is 26.2 Å². The molecule has 4 heterocycles. The molecule has 5 atom stereocenters. The zero-order chi connectivity index (χ0) is 33.0. The van der Waals surface area contributed by atoms with Gasteiger partial charge >= 0.3 is 12.4 Å². The number of benzene rings is 2.